The van der Waals surface area contributed by atoms with Gasteiger partial charge in [-0.3, -0.25) is 9.59 Å². The summed E-state index contributed by atoms with van der Waals surface area (Å²) >= 11 is 6.08. The summed E-state index contributed by atoms with van der Waals surface area (Å²) in [6.07, 6.45) is 0. The minimum atomic E-state index is -0.387. The highest BCUT2D eigenvalue weighted by Crippen LogP contribution is 2.35. The molecule has 0 spiro atoms. The standard InChI is InChI=1S/C26H23ClN2O2/c1-16(2)18-9-12-21(13-10-18)28-24-23(19-7-5-4-6-8-19)25(30)29(26(24)31)22-14-11-20(27)15-17(22)3/h4-16,28H,1-3H3. The number of nitrogens with one attached hydrogen (secondary N) is 1. The first kappa shape index (κ1) is 20.9. The first-order valence-electron chi connectivity index (χ1n) is 10.2. The molecule has 0 bridgehead atoms. The molecule has 0 aromatic heterocycles. The van der Waals surface area contributed by atoms with Crippen LogP contribution in [0.2, 0.25) is 5.02 Å². The lowest BCUT2D eigenvalue weighted by Gasteiger charge is -2.18. The average molecular weight is 431 g/mol. The van der Waals surface area contributed by atoms with E-state index in [1.807, 2.05) is 61.5 Å². The zero-order chi connectivity index (χ0) is 22.1. The molecule has 31 heavy (non-hydrogen) atoms. The number of halogens is 1. The highest BCUT2D eigenvalue weighted by Gasteiger charge is 2.40. The van der Waals surface area contributed by atoms with Crippen molar-refractivity contribution in [1.29, 1.82) is 0 Å². The second-order valence-corrected chi connectivity index (χ2v) is 8.33. The second-order valence-electron chi connectivity index (χ2n) is 7.89. The Bertz CT molecular complexity index is 1180. The van der Waals surface area contributed by atoms with Crippen LogP contribution in [0.1, 0.15) is 36.5 Å². The molecule has 1 N–H and O–H groups in total. The van der Waals surface area contributed by atoms with Crippen LogP contribution in [-0.4, -0.2) is 11.8 Å². The molecule has 4 nitrogen and oxygen atoms in total. The molecule has 3 aromatic rings. The molecular weight excluding hydrogens is 408 g/mol. The van der Waals surface area contributed by atoms with Crippen LogP contribution in [0.15, 0.2) is 78.5 Å². The highest BCUT2D eigenvalue weighted by molar-refractivity contribution is 6.46. The molecule has 0 unspecified atom stereocenters. The number of imide groups is 1. The Morgan fingerprint density at radius 3 is 2.16 bits per heavy atom. The molecule has 0 saturated carbocycles. The van der Waals surface area contributed by atoms with Crippen LogP contribution in [0.25, 0.3) is 5.57 Å². The van der Waals surface area contributed by atoms with Crippen LogP contribution in [-0.2, 0) is 9.59 Å². The quantitative estimate of drug-likeness (QED) is 0.492. The number of amides is 2. The van der Waals surface area contributed by atoms with Crippen molar-refractivity contribution in [3.8, 4) is 0 Å². The van der Waals surface area contributed by atoms with Crippen LogP contribution < -0.4 is 10.2 Å². The fourth-order valence-electron chi connectivity index (χ4n) is 3.70. The van der Waals surface area contributed by atoms with Crippen LogP contribution in [0.4, 0.5) is 11.4 Å². The van der Waals surface area contributed by atoms with Gasteiger partial charge in [-0.2, -0.15) is 0 Å². The lowest BCUT2D eigenvalue weighted by molar-refractivity contribution is -0.120. The number of nitrogens with zero attached hydrogens (tertiary/aromatic N) is 1. The van der Waals surface area contributed by atoms with Gasteiger partial charge in [0.25, 0.3) is 11.8 Å². The van der Waals surface area contributed by atoms with Crippen LogP contribution in [0.3, 0.4) is 0 Å². The van der Waals surface area contributed by atoms with E-state index in [2.05, 4.69) is 19.2 Å². The van der Waals surface area contributed by atoms with E-state index in [-0.39, 0.29) is 17.5 Å². The van der Waals surface area contributed by atoms with Crippen molar-refractivity contribution in [3.05, 3.63) is 100 Å². The second kappa shape index (κ2) is 8.40. The fraction of sp³-hybridized carbons (Fsp3) is 0.154. The molecule has 1 aliphatic heterocycles. The minimum Gasteiger partial charge on any atom is -0.350 e. The smallest absolute Gasteiger partial charge is 0.282 e. The van der Waals surface area contributed by atoms with Gasteiger partial charge in [0.05, 0.1) is 11.3 Å². The number of carbonyl (C=O) groups excluding carboxylic acids is 2. The van der Waals surface area contributed by atoms with Crippen molar-refractivity contribution < 1.29 is 9.59 Å². The maximum Gasteiger partial charge on any atom is 0.282 e. The minimum absolute atomic E-state index is 0.267. The van der Waals surface area contributed by atoms with Gasteiger partial charge in [0.2, 0.25) is 0 Å². The van der Waals surface area contributed by atoms with Gasteiger partial charge in [0.15, 0.2) is 0 Å². The van der Waals surface area contributed by atoms with Gasteiger partial charge in [-0.1, -0.05) is 67.9 Å². The average Bonchev–Trinajstić information content (AvgIpc) is 2.99. The van der Waals surface area contributed by atoms with Crippen molar-refractivity contribution in [2.24, 2.45) is 0 Å². The summed E-state index contributed by atoms with van der Waals surface area (Å²) in [6.45, 7) is 6.09. The van der Waals surface area contributed by atoms with Crippen molar-refractivity contribution in [3.63, 3.8) is 0 Å². The maximum atomic E-state index is 13.5. The molecular formula is C26H23ClN2O2. The molecule has 156 valence electrons. The third-order valence-electron chi connectivity index (χ3n) is 5.39. The van der Waals surface area contributed by atoms with Crippen LogP contribution in [0.5, 0.6) is 0 Å². The number of hydrogen-bond acceptors (Lipinski definition) is 3. The van der Waals surface area contributed by atoms with Crippen LogP contribution in [0, 0.1) is 6.92 Å². The zero-order valence-corrected chi connectivity index (χ0v) is 18.4. The largest absolute Gasteiger partial charge is 0.350 e. The molecule has 0 radical (unpaired) electrons. The molecule has 4 rings (SSSR count). The molecule has 3 aromatic carbocycles. The van der Waals surface area contributed by atoms with Crippen LogP contribution >= 0.6 is 11.6 Å². The summed E-state index contributed by atoms with van der Waals surface area (Å²) in [5.74, 6) is -0.337. The van der Waals surface area contributed by atoms with Crippen molar-refractivity contribution in [1.82, 2.24) is 0 Å². The first-order valence-corrected chi connectivity index (χ1v) is 10.6. The molecule has 1 heterocycles. The summed E-state index contributed by atoms with van der Waals surface area (Å²) in [5.41, 5.74) is 4.55. The SMILES string of the molecule is Cc1cc(Cl)ccc1N1C(=O)C(Nc2ccc(C(C)C)cc2)=C(c2ccccc2)C1=O. The van der Waals surface area contributed by atoms with E-state index >= 15 is 0 Å². The Hall–Kier alpha value is -3.37. The van der Waals surface area contributed by atoms with Gasteiger partial charge in [-0.05, 0) is 59.9 Å². The molecule has 2 amide bonds. The third-order valence-corrected chi connectivity index (χ3v) is 5.63. The third kappa shape index (κ3) is 3.99. The number of carbonyl (C=O) groups is 2. The van der Waals surface area contributed by atoms with E-state index < -0.39 is 0 Å². The van der Waals surface area contributed by atoms with E-state index in [0.717, 1.165) is 11.3 Å². The van der Waals surface area contributed by atoms with Gasteiger partial charge < -0.3 is 5.32 Å². The number of anilines is 2. The first-order chi connectivity index (χ1) is 14.9. The molecule has 0 fully saturated rings. The Balaban J connectivity index is 1.78. The van der Waals surface area contributed by atoms with Crippen molar-refractivity contribution in [2.75, 3.05) is 10.2 Å². The monoisotopic (exact) mass is 430 g/mol. The Morgan fingerprint density at radius 1 is 0.871 bits per heavy atom. The summed E-state index contributed by atoms with van der Waals surface area (Å²) in [7, 11) is 0. The van der Waals surface area contributed by atoms with Gasteiger partial charge in [-0.15, -0.1) is 0 Å². The van der Waals surface area contributed by atoms with E-state index in [1.54, 1.807) is 18.2 Å². The Labute approximate surface area is 187 Å². The van der Waals surface area contributed by atoms with Gasteiger partial charge in [0.1, 0.15) is 5.70 Å². The van der Waals surface area contributed by atoms with Gasteiger partial charge in [-0.25, -0.2) is 4.90 Å². The molecule has 0 aliphatic carbocycles. The normalized spacial score (nSPS) is 14.0. The number of benzene rings is 3. The highest BCUT2D eigenvalue weighted by atomic mass is 35.5. The van der Waals surface area contributed by atoms with Crippen molar-refractivity contribution in [2.45, 2.75) is 26.7 Å². The van der Waals surface area contributed by atoms with E-state index in [1.165, 1.54) is 10.5 Å². The van der Waals surface area contributed by atoms with E-state index in [9.17, 15) is 9.59 Å². The molecule has 0 saturated heterocycles. The number of rotatable bonds is 5. The Morgan fingerprint density at radius 2 is 1.55 bits per heavy atom. The number of aryl methyl sites for hydroxylation is 1. The summed E-state index contributed by atoms with van der Waals surface area (Å²) in [6, 6.07) is 22.3. The topological polar surface area (TPSA) is 49.4 Å². The fourth-order valence-corrected chi connectivity index (χ4v) is 3.93. The molecule has 0 atom stereocenters. The van der Waals surface area contributed by atoms with E-state index in [0.29, 0.717) is 27.8 Å². The predicted octanol–water partition coefficient (Wildman–Crippen LogP) is 6.17. The predicted molar refractivity (Wildman–Crippen MR) is 126 cm³/mol. The van der Waals surface area contributed by atoms with Crippen molar-refractivity contribution >= 4 is 40.4 Å². The summed E-state index contributed by atoms with van der Waals surface area (Å²) in [4.78, 5) is 28.2. The van der Waals surface area contributed by atoms with Gasteiger partial charge >= 0.3 is 0 Å². The van der Waals surface area contributed by atoms with E-state index in [4.69, 9.17) is 11.6 Å². The Kier molecular flexibility index (Phi) is 5.66. The zero-order valence-electron chi connectivity index (χ0n) is 17.6. The lowest BCUT2D eigenvalue weighted by Crippen LogP contribution is -2.33. The lowest BCUT2D eigenvalue weighted by atomic mass is 10.0. The number of hydrogen-bond donors (Lipinski definition) is 1. The molecule has 1 aliphatic rings. The summed E-state index contributed by atoms with van der Waals surface area (Å²) in [5, 5.41) is 3.76. The summed E-state index contributed by atoms with van der Waals surface area (Å²) < 4.78 is 0. The van der Waals surface area contributed by atoms with Gasteiger partial charge in [0, 0.05) is 10.7 Å². The molecule has 5 heteroatoms. The maximum absolute atomic E-state index is 13.5.